The minimum absolute atomic E-state index is 0.0782. The van der Waals surface area contributed by atoms with Crippen LogP contribution < -0.4 is 10.6 Å². The van der Waals surface area contributed by atoms with Crippen LogP contribution >= 0.6 is 0 Å². The van der Waals surface area contributed by atoms with Gasteiger partial charge in [0.1, 0.15) is 6.04 Å². The van der Waals surface area contributed by atoms with E-state index in [-0.39, 0.29) is 24.0 Å². The molecule has 2 N–H and O–H groups in total. The van der Waals surface area contributed by atoms with Crippen LogP contribution in [0.15, 0.2) is 18.2 Å². The quantitative estimate of drug-likeness (QED) is 0.878. The monoisotopic (exact) mass is 343 g/mol. The van der Waals surface area contributed by atoms with Crippen LogP contribution in [0.2, 0.25) is 0 Å². The summed E-state index contributed by atoms with van der Waals surface area (Å²) in [6, 6.07) is 5.84. The zero-order chi connectivity index (χ0) is 17.8. The van der Waals surface area contributed by atoms with E-state index in [1.165, 1.54) is 19.3 Å². The molecule has 1 aromatic rings. The van der Waals surface area contributed by atoms with Crippen LogP contribution in [0.25, 0.3) is 0 Å². The smallest absolute Gasteiger partial charge is 0.318 e. The van der Waals surface area contributed by atoms with Gasteiger partial charge in [0.05, 0.1) is 0 Å². The third-order valence-corrected chi connectivity index (χ3v) is 5.40. The number of benzene rings is 1. The number of aryl methyl sites for hydroxylation is 2. The van der Waals surface area contributed by atoms with Crippen molar-refractivity contribution in [1.29, 1.82) is 0 Å². The highest BCUT2D eigenvalue weighted by molar-refractivity contribution is 5.97. The standard InChI is InChI=1S/C20H29N3O2/c1-14-10-11-15(2)17(13-14)22-19(24)18-9-6-12-23(18)20(25)21-16-7-4-3-5-8-16/h10-11,13,16,18H,3-9,12H2,1-2H3,(H,21,25)(H,22,24)/t18-/m0/s1. The number of hydrogen-bond donors (Lipinski definition) is 2. The summed E-state index contributed by atoms with van der Waals surface area (Å²) in [5.41, 5.74) is 2.99. The normalized spacial score (nSPS) is 21.2. The molecule has 1 saturated heterocycles. The Hall–Kier alpha value is -2.04. The van der Waals surface area contributed by atoms with Crippen molar-refractivity contribution in [2.75, 3.05) is 11.9 Å². The zero-order valence-corrected chi connectivity index (χ0v) is 15.3. The molecule has 1 atom stereocenters. The van der Waals surface area contributed by atoms with Crippen molar-refractivity contribution in [1.82, 2.24) is 10.2 Å². The fraction of sp³-hybridized carbons (Fsp3) is 0.600. The van der Waals surface area contributed by atoms with E-state index in [4.69, 9.17) is 0 Å². The summed E-state index contributed by atoms with van der Waals surface area (Å²) in [6.45, 7) is 4.65. The summed E-state index contributed by atoms with van der Waals surface area (Å²) in [6.07, 6.45) is 7.34. The Balaban J connectivity index is 1.62. The van der Waals surface area contributed by atoms with E-state index in [0.717, 1.165) is 42.5 Å². The molecule has 1 heterocycles. The number of carbonyl (C=O) groups is 2. The molecule has 0 spiro atoms. The van der Waals surface area contributed by atoms with E-state index in [9.17, 15) is 9.59 Å². The second-order valence-electron chi connectivity index (χ2n) is 7.44. The summed E-state index contributed by atoms with van der Waals surface area (Å²) in [5.74, 6) is -0.0787. The van der Waals surface area contributed by atoms with Crippen molar-refractivity contribution in [3.05, 3.63) is 29.3 Å². The van der Waals surface area contributed by atoms with Gasteiger partial charge in [0.25, 0.3) is 0 Å². The van der Waals surface area contributed by atoms with E-state index in [0.29, 0.717) is 6.54 Å². The molecule has 3 rings (SSSR count). The summed E-state index contributed by atoms with van der Waals surface area (Å²) in [7, 11) is 0. The Labute approximate surface area is 150 Å². The molecule has 0 aromatic heterocycles. The van der Waals surface area contributed by atoms with Gasteiger partial charge in [-0.1, -0.05) is 31.4 Å². The van der Waals surface area contributed by atoms with Crippen molar-refractivity contribution >= 4 is 17.6 Å². The Kier molecular flexibility index (Phi) is 5.61. The van der Waals surface area contributed by atoms with Gasteiger partial charge in [0, 0.05) is 18.3 Å². The number of nitrogens with one attached hydrogen (secondary N) is 2. The molecule has 136 valence electrons. The summed E-state index contributed by atoms with van der Waals surface area (Å²) in [5, 5.41) is 6.16. The second kappa shape index (κ2) is 7.89. The Morgan fingerprint density at radius 3 is 2.56 bits per heavy atom. The van der Waals surface area contributed by atoms with E-state index >= 15 is 0 Å². The summed E-state index contributed by atoms with van der Waals surface area (Å²) in [4.78, 5) is 27.1. The number of carbonyl (C=O) groups excluding carboxylic acids is 2. The molecule has 0 unspecified atom stereocenters. The van der Waals surface area contributed by atoms with Crippen molar-refractivity contribution in [3.8, 4) is 0 Å². The van der Waals surface area contributed by atoms with Gasteiger partial charge in [-0.15, -0.1) is 0 Å². The van der Waals surface area contributed by atoms with Crippen LogP contribution in [0.3, 0.4) is 0 Å². The van der Waals surface area contributed by atoms with Crippen molar-refractivity contribution in [3.63, 3.8) is 0 Å². The fourth-order valence-corrected chi connectivity index (χ4v) is 3.87. The van der Waals surface area contributed by atoms with Gasteiger partial charge in [-0.05, 0) is 56.7 Å². The van der Waals surface area contributed by atoms with Gasteiger partial charge in [-0.25, -0.2) is 4.79 Å². The Morgan fingerprint density at radius 2 is 1.80 bits per heavy atom. The predicted molar refractivity (Wildman–Crippen MR) is 99.7 cm³/mol. The van der Waals surface area contributed by atoms with Crippen LogP contribution in [-0.4, -0.2) is 35.5 Å². The molecule has 5 nitrogen and oxygen atoms in total. The van der Waals surface area contributed by atoms with E-state index in [1.54, 1.807) is 4.90 Å². The Morgan fingerprint density at radius 1 is 1.04 bits per heavy atom. The third-order valence-electron chi connectivity index (χ3n) is 5.40. The first-order chi connectivity index (χ1) is 12.0. The van der Waals surface area contributed by atoms with Crippen LogP contribution in [0, 0.1) is 13.8 Å². The highest BCUT2D eigenvalue weighted by Gasteiger charge is 2.35. The number of anilines is 1. The molecule has 5 heteroatoms. The molecular formula is C20H29N3O2. The lowest BCUT2D eigenvalue weighted by Crippen LogP contribution is -2.50. The average molecular weight is 343 g/mol. The van der Waals surface area contributed by atoms with Gasteiger partial charge in [-0.2, -0.15) is 0 Å². The van der Waals surface area contributed by atoms with Crippen molar-refractivity contribution in [2.24, 2.45) is 0 Å². The van der Waals surface area contributed by atoms with E-state index in [1.807, 2.05) is 32.0 Å². The van der Waals surface area contributed by atoms with E-state index in [2.05, 4.69) is 10.6 Å². The lowest BCUT2D eigenvalue weighted by molar-refractivity contribution is -0.119. The molecular weight excluding hydrogens is 314 g/mol. The molecule has 1 aromatic carbocycles. The molecule has 3 amide bonds. The van der Waals surface area contributed by atoms with Crippen LogP contribution in [0.5, 0.6) is 0 Å². The average Bonchev–Trinajstić information content (AvgIpc) is 3.09. The molecule has 0 radical (unpaired) electrons. The van der Waals surface area contributed by atoms with Gasteiger partial charge < -0.3 is 15.5 Å². The number of rotatable bonds is 3. The number of amides is 3. The van der Waals surface area contributed by atoms with Crippen LogP contribution in [0.4, 0.5) is 10.5 Å². The number of urea groups is 1. The molecule has 2 aliphatic rings. The molecule has 0 bridgehead atoms. The second-order valence-corrected chi connectivity index (χ2v) is 7.44. The maximum Gasteiger partial charge on any atom is 0.318 e. The van der Waals surface area contributed by atoms with Crippen LogP contribution in [0.1, 0.15) is 56.1 Å². The molecule has 1 saturated carbocycles. The van der Waals surface area contributed by atoms with Crippen LogP contribution in [-0.2, 0) is 4.79 Å². The van der Waals surface area contributed by atoms with Crippen molar-refractivity contribution < 1.29 is 9.59 Å². The van der Waals surface area contributed by atoms with Gasteiger partial charge in [0.2, 0.25) is 5.91 Å². The lowest BCUT2D eigenvalue weighted by Gasteiger charge is -2.29. The molecule has 1 aliphatic carbocycles. The summed E-state index contributed by atoms with van der Waals surface area (Å²) < 4.78 is 0. The number of hydrogen-bond acceptors (Lipinski definition) is 2. The minimum Gasteiger partial charge on any atom is -0.335 e. The number of likely N-dealkylation sites (tertiary alicyclic amines) is 1. The highest BCUT2D eigenvalue weighted by atomic mass is 16.2. The fourth-order valence-electron chi connectivity index (χ4n) is 3.87. The number of nitrogens with zero attached hydrogens (tertiary/aromatic N) is 1. The molecule has 2 fully saturated rings. The first-order valence-electron chi connectivity index (χ1n) is 9.50. The maximum atomic E-state index is 12.8. The van der Waals surface area contributed by atoms with Gasteiger partial charge >= 0.3 is 6.03 Å². The summed E-state index contributed by atoms with van der Waals surface area (Å²) >= 11 is 0. The largest absolute Gasteiger partial charge is 0.335 e. The third kappa shape index (κ3) is 4.33. The van der Waals surface area contributed by atoms with Gasteiger partial charge in [0.15, 0.2) is 0 Å². The molecule has 25 heavy (non-hydrogen) atoms. The predicted octanol–water partition coefficient (Wildman–Crippen LogP) is 3.75. The van der Waals surface area contributed by atoms with Gasteiger partial charge in [-0.3, -0.25) is 4.79 Å². The highest BCUT2D eigenvalue weighted by Crippen LogP contribution is 2.23. The first-order valence-corrected chi connectivity index (χ1v) is 9.50. The van der Waals surface area contributed by atoms with E-state index < -0.39 is 0 Å². The Bertz CT molecular complexity index is 638. The molecule has 1 aliphatic heterocycles. The SMILES string of the molecule is Cc1ccc(C)c(NC(=O)[C@@H]2CCCN2C(=O)NC2CCCCC2)c1. The topological polar surface area (TPSA) is 61.4 Å². The first kappa shape index (κ1) is 17.8. The zero-order valence-electron chi connectivity index (χ0n) is 15.3. The maximum absolute atomic E-state index is 12.8. The van der Waals surface area contributed by atoms with Crippen molar-refractivity contribution in [2.45, 2.75) is 70.9 Å². The lowest BCUT2D eigenvalue weighted by atomic mass is 9.96. The minimum atomic E-state index is -0.372.